The van der Waals surface area contributed by atoms with Crippen molar-refractivity contribution in [1.82, 2.24) is 19.4 Å². The van der Waals surface area contributed by atoms with Crippen LogP contribution in [0.1, 0.15) is 57.6 Å². The van der Waals surface area contributed by atoms with Gasteiger partial charge in [0.2, 0.25) is 0 Å². The molecule has 1 aromatic rings. The van der Waals surface area contributed by atoms with Crippen molar-refractivity contribution < 1.29 is 0 Å². The second kappa shape index (κ2) is 8.95. The number of rotatable bonds is 6. The minimum Gasteiger partial charge on any atom is -0.302 e. The average molecular weight is 347 g/mol. The van der Waals surface area contributed by atoms with Gasteiger partial charge >= 0.3 is 0 Å². The molecule has 2 saturated heterocycles. The Kier molecular flexibility index (Phi) is 6.65. The van der Waals surface area contributed by atoms with Crippen LogP contribution in [0.5, 0.6) is 0 Å². The fourth-order valence-corrected chi connectivity index (χ4v) is 4.03. The number of likely N-dealkylation sites (tertiary alicyclic amines) is 2. The lowest BCUT2D eigenvalue weighted by atomic mass is 9.96. The zero-order chi connectivity index (χ0) is 17.6. The van der Waals surface area contributed by atoms with E-state index in [1.165, 1.54) is 71.4 Å². The first-order chi connectivity index (χ1) is 12.1. The van der Waals surface area contributed by atoms with E-state index in [2.05, 4.69) is 28.6 Å². The molecule has 0 atom stereocenters. The summed E-state index contributed by atoms with van der Waals surface area (Å²) in [4.78, 5) is 21.9. The molecule has 1 aromatic heterocycles. The standard InChI is InChI=1S/C20H34N4O/c1-17(2)19-14-20(25)24(16-21-19)15-18-6-10-23(11-7-18)13-12-22-8-4-3-5-9-22/h14,16-18H,3-13,15H2,1-2H3. The highest BCUT2D eigenvalue weighted by Crippen LogP contribution is 2.19. The van der Waals surface area contributed by atoms with Crippen molar-refractivity contribution in [3.8, 4) is 0 Å². The Morgan fingerprint density at radius 2 is 1.68 bits per heavy atom. The van der Waals surface area contributed by atoms with Crippen molar-refractivity contribution in [3.05, 3.63) is 28.4 Å². The molecule has 140 valence electrons. The molecular weight excluding hydrogens is 312 g/mol. The molecule has 25 heavy (non-hydrogen) atoms. The second-order valence-corrected chi connectivity index (χ2v) is 8.15. The number of nitrogens with zero attached hydrogens (tertiary/aromatic N) is 4. The van der Waals surface area contributed by atoms with Gasteiger partial charge in [0.05, 0.1) is 12.0 Å². The molecule has 2 aliphatic rings. The fraction of sp³-hybridized carbons (Fsp3) is 0.800. The summed E-state index contributed by atoms with van der Waals surface area (Å²) < 4.78 is 1.81. The van der Waals surface area contributed by atoms with Crippen LogP contribution in [-0.4, -0.2) is 58.6 Å². The van der Waals surface area contributed by atoms with Gasteiger partial charge in [-0.3, -0.25) is 9.36 Å². The minimum atomic E-state index is 0.103. The van der Waals surface area contributed by atoms with Crippen molar-refractivity contribution in [2.45, 2.75) is 58.4 Å². The van der Waals surface area contributed by atoms with E-state index in [9.17, 15) is 4.79 Å². The lowest BCUT2D eigenvalue weighted by Crippen LogP contribution is -2.42. The van der Waals surface area contributed by atoms with E-state index in [1.54, 1.807) is 17.0 Å². The Labute approximate surface area is 152 Å². The fourth-order valence-electron chi connectivity index (χ4n) is 4.03. The molecule has 0 aliphatic carbocycles. The van der Waals surface area contributed by atoms with E-state index in [-0.39, 0.29) is 5.56 Å². The van der Waals surface area contributed by atoms with Gasteiger partial charge in [-0.15, -0.1) is 0 Å². The van der Waals surface area contributed by atoms with Gasteiger partial charge in [0.25, 0.3) is 5.56 Å². The highest BCUT2D eigenvalue weighted by atomic mass is 16.1. The number of aromatic nitrogens is 2. The van der Waals surface area contributed by atoms with Crippen molar-refractivity contribution in [2.75, 3.05) is 39.3 Å². The highest BCUT2D eigenvalue weighted by Gasteiger charge is 2.21. The number of hydrogen-bond donors (Lipinski definition) is 0. The Bertz CT molecular complexity index is 584. The van der Waals surface area contributed by atoms with Crippen molar-refractivity contribution in [1.29, 1.82) is 0 Å². The van der Waals surface area contributed by atoms with Gasteiger partial charge in [0.15, 0.2) is 0 Å². The Hall–Kier alpha value is -1.20. The van der Waals surface area contributed by atoms with Crippen molar-refractivity contribution in [2.24, 2.45) is 5.92 Å². The van der Waals surface area contributed by atoms with Gasteiger partial charge in [-0.1, -0.05) is 20.3 Å². The minimum absolute atomic E-state index is 0.103. The third kappa shape index (κ3) is 5.38. The van der Waals surface area contributed by atoms with Crippen LogP contribution < -0.4 is 5.56 Å². The van der Waals surface area contributed by atoms with Crippen LogP contribution in [0.25, 0.3) is 0 Å². The van der Waals surface area contributed by atoms with Crippen LogP contribution >= 0.6 is 0 Å². The average Bonchev–Trinajstić information content (AvgIpc) is 2.63. The summed E-state index contributed by atoms with van der Waals surface area (Å²) in [7, 11) is 0. The van der Waals surface area contributed by atoms with Crippen LogP contribution in [0, 0.1) is 5.92 Å². The molecule has 0 bridgehead atoms. The Morgan fingerprint density at radius 3 is 2.28 bits per heavy atom. The lowest BCUT2D eigenvalue weighted by Gasteiger charge is -2.34. The van der Waals surface area contributed by atoms with E-state index in [1.807, 2.05) is 0 Å². The van der Waals surface area contributed by atoms with E-state index in [0.717, 1.165) is 12.2 Å². The summed E-state index contributed by atoms with van der Waals surface area (Å²) in [5.74, 6) is 0.918. The third-order valence-corrected chi connectivity index (χ3v) is 5.84. The third-order valence-electron chi connectivity index (χ3n) is 5.84. The first-order valence-corrected chi connectivity index (χ1v) is 10.1. The second-order valence-electron chi connectivity index (χ2n) is 8.15. The SMILES string of the molecule is CC(C)c1cc(=O)n(CC2CCN(CCN3CCCCC3)CC2)cn1. The molecule has 0 aromatic carbocycles. The summed E-state index contributed by atoms with van der Waals surface area (Å²) >= 11 is 0. The van der Waals surface area contributed by atoms with Crippen LogP contribution in [0.2, 0.25) is 0 Å². The van der Waals surface area contributed by atoms with E-state index in [0.29, 0.717) is 11.8 Å². The van der Waals surface area contributed by atoms with E-state index >= 15 is 0 Å². The molecule has 0 saturated carbocycles. The van der Waals surface area contributed by atoms with Gasteiger partial charge in [-0.05, 0) is 63.7 Å². The summed E-state index contributed by atoms with van der Waals surface area (Å²) in [6, 6.07) is 1.71. The van der Waals surface area contributed by atoms with Crippen LogP contribution in [-0.2, 0) is 6.54 Å². The van der Waals surface area contributed by atoms with Crippen LogP contribution in [0.3, 0.4) is 0 Å². The molecule has 0 spiro atoms. The van der Waals surface area contributed by atoms with Crippen molar-refractivity contribution >= 4 is 0 Å². The largest absolute Gasteiger partial charge is 0.302 e. The monoisotopic (exact) mass is 346 g/mol. The van der Waals surface area contributed by atoms with Gasteiger partial charge in [-0.2, -0.15) is 0 Å². The molecule has 0 amide bonds. The quantitative estimate of drug-likeness (QED) is 0.794. The molecule has 0 N–H and O–H groups in total. The molecule has 3 heterocycles. The maximum absolute atomic E-state index is 12.3. The predicted molar refractivity (Wildman–Crippen MR) is 102 cm³/mol. The molecule has 5 nitrogen and oxygen atoms in total. The maximum atomic E-state index is 12.3. The summed E-state index contributed by atoms with van der Waals surface area (Å²) in [5, 5.41) is 0. The van der Waals surface area contributed by atoms with Gasteiger partial charge in [-0.25, -0.2) is 4.98 Å². The molecule has 0 radical (unpaired) electrons. The zero-order valence-electron chi connectivity index (χ0n) is 16.0. The van der Waals surface area contributed by atoms with Crippen molar-refractivity contribution in [3.63, 3.8) is 0 Å². The predicted octanol–water partition coefficient (Wildman–Crippen LogP) is 2.56. The normalized spacial score (nSPS) is 21.1. The summed E-state index contributed by atoms with van der Waals surface area (Å²) in [6.45, 7) is 12.3. The van der Waals surface area contributed by atoms with Gasteiger partial charge in [0, 0.05) is 25.7 Å². The molecule has 0 unspecified atom stereocenters. The van der Waals surface area contributed by atoms with E-state index in [4.69, 9.17) is 0 Å². The lowest BCUT2D eigenvalue weighted by molar-refractivity contribution is 0.140. The Morgan fingerprint density at radius 1 is 1.04 bits per heavy atom. The zero-order valence-corrected chi connectivity index (χ0v) is 16.0. The number of piperidine rings is 2. The first-order valence-electron chi connectivity index (χ1n) is 10.1. The summed E-state index contributed by atoms with van der Waals surface area (Å²) in [6.07, 6.45) is 8.30. The summed E-state index contributed by atoms with van der Waals surface area (Å²) in [5.41, 5.74) is 1.00. The highest BCUT2D eigenvalue weighted by molar-refractivity contribution is 5.04. The number of hydrogen-bond acceptors (Lipinski definition) is 4. The topological polar surface area (TPSA) is 41.4 Å². The smallest absolute Gasteiger partial charge is 0.253 e. The maximum Gasteiger partial charge on any atom is 0.253 e. The molecular formula is C20H34N4O. The molecule has 5 heteroatoms. The Balaban J connectivity index is 1.42. The van der Waals surface area contributed by atoms with Gasteiger partial charge < -0.3 is 9.80 Å². The molecule has 2 aliphatic heterocycles. The molecule has 3 rings (SSSR count). The van der Waals surface area contributed by atoms with Gasteiger partial charge in [0.1, 0.15) is 0 Å². The molecule has 2 fully saturated rings. The van der Waals surface area contributed by atoms with Crippen LogP contribution in [0.15, 0.2) is 17.2 Å². The van der Waals surface area contributed by atoms with Crippen LogP contribution in [0.4, 0.5) is 0 Å². The first kappa shape index (κ1) is 18.6. The van der Waals surface area contributed by atoms with E-state index < -0.39 is 0 Å².